The van der Waals surface area contributed by atoms with Gasteiger partial charge in [-0.15, -0.1) is 0 Å². The van der Waals surface area contributed by atoms with E-state index in [1.807, 2.05) is 6.92 Å². The molecule has 0 spiro atoms. The molecule has 1 N–H and O–H groups in total. The van der Waals surface area contributed by atoms with Gasteiger partial charge in [-0.3, -0.25) is 0 Å². The average molecular weight is 212 g/mol. The standard InChI is InChI=1S/C8H8N2O3S/c1-5-2-9-8-10(3-5)4-6(7(11)12)14(8)13/h2,4H,3H2,1H3,(H,11,12). The third-order valence-corrected chi connectivity index (χ3v) is 3.26. The van der Waals surface area contributed by atoms with E-state index in [1.54, 1.807) is 11.1 Å². The average Bonchev–Trinajstić information content (AvgIpc) is 2.43. The van der Waals surface area contributed by atoms with Gasteiger partial charge in [0.15, 0.2) is 0 Å². The molecular weight excluding hydrogens is 204 g/mol. The van der Waals surface area contributed by atoms with Crippen LogP contribution in [-0.4, -0.2) is 31.9 Å². The van der Waals surface area contributed by atoms with Crippen LogP contribution in [0.3, 0.4) is 0 Å². The summed E-state index contributed by atoms with van der Waals surface area (Å²) in [5.74, 6) is -1.15. The number of carbonyl (C=O) groups is 1. The molecule has 0 radical (unpaired) electrons. The third kappa shape index (κ3) is 1.27. The van der Waals surface area contributed by atoms with Crippen LogP contribution in [0.5, 0.6) is 0 Å². The Morgan fingerprint density at radius 1 is 1.71 bits per heavy atom. The lowest BCUT2D eigenvalue weighted by Crippen LogP contribution is -2.27. The van der Waals surface area contributed by atoms with Gasteiger partial charge in [0.1, 0.15) is 15.7 Å². The summed E-state index contributed by atoms with van der Waals surface area (Å²) in [6.45, 7) is 2.44. The zero-order valence-electron chi connectivity index (χ0n) is 7.43. The Kier molecular flexibility index (Phi) is 1.99. The van der Waals surface area contributed by atoms with Gasteiger partial charge in [-0.1, -0.05) is 0 Å². The summed E-state index contributed by atoms with van der Waals surface area (Å²) in [6.07, 6.45) is 3.00. The summed E-state index contributed by atoms with van der Waals surface area (Å²) in [4.78, 5) is 16.1. The summed E-state index contributed by atoms with van der Waals surface area (Å²) < 4.78 is 11.5. The van der Waals surface area contributed by atoms with E-state index in [2.05, 4.69) is 4.99 Å². The number of aliphatic imine (C=N–C) groups is 1. The van der Waals surface area contributed by atoms with Gasteiger partial charge in [0.25, 0.3) is 0 Å². The number of fused-ring (bicyclic) bond motifs is 1. The van der Waals surface area contributed by atoms with Gasteiger partial charge in [0.05, 0.1) is 0 Å². The lowest BCUT2D eigenvalue weighted by molar-refractivity contribution is -0.131. The van der Waals surface area contributed by atoms with Gasteiger partial charge in [-0.25, -0.2) is 14.0 Å². The summed E-state index contributed by atoms with van der Waals surface area (Å²) in [5, 5.41) is 9.05. The molecule has 1 atom stereocenters. The molecule has 74 valence electrons. The number of hydrogen-bond acceptors (Lipinski definition) is 4. The molecule has 2 aliphatic heterocycles. The molecule has 6 heteroatoms. The van der Waals surface area contributed by atoms with E-state index < -0.39 is 16.8 Å². The van der Waals surface area contributed by atoms with Gasteiger partial charge in [0.2, 0.25) is 5.17 Å². The largest absolute Gasteiger partial charge is 0.477 e. The molecule has 2 aliphatic rings. The predicted octanol–water partition coefficient (Wildman–Crippen LogP) is 0.250. The Balaban J connectivity index is 2.39. The summed E-state index contributed by atoms with van der Waals surface area (Å²) >= 11 is 0. The molecule has 0 saturated heterocycles. The molecular formula is C8H8N2O3S. The molecule has 0 bridgehead atoms. The van der Waals surface area contributed by atoms with Crippen molar-refractivity contribution in [3.63, 3.8) is 0 Å². The molecule has 0 aliphatic carbocycles. The first-order chi connectivity index (χ1) is 6.59. The molecule has 2 heterocycles. The lowest BCUT2D eigenvalue weighted by Gasteiger charge is -2.18. The fourth-order valence-corrected chi connectivity index (χ4v) is 2.35. The molecule has 0 aromatic heterocycles. The summed E-state index contributed by atoms with van der Waals surface area (Å²) in [5.41, 5.74) is 1.01. The molecule has 0 amide bonds. The number of rotatable bonds is 1. The number of amidine groups is 1. The van der Waals surface area contributed by atoms with Crippen LogP contribution in [0.1, 0.15) is 6.92 Å². The third-order valence-electron chi connectivity index (χ3n) is 1.91. The normalized spacial score (nSPS) is 25.1. The van der Waals surface area contributed by atoms with Crippen LogP contribution in [0.15, 0.2) is 27.9 Å². The topological polar surface area (TPSA) is 70.0 Å². The minimum Gasteiger partial charge on any atom is -0.477 e. The highest BCUT2D eigenvalue weighted by Crippen LogP contribution is 2.22. The van der Waals surface area contributed by atoms with Gasteiger partial charge >= 0.3 is 5.97 Å². The van der Waals surface area contributed by atoms with Crippen LogP contribution in [-0.2, 0) is 15.6 Å². The van der Waals surface area contributed by atoms with Crippen LogP contribution in [0, 0.1) is 0 Å². The van der Waals surface area contributed by atoms with Crippen LogP contribution >= 0.6 is 0 Å². The van der Waals surface area contributed by atoms with E-state index in [-0.39, 0.29) is 4.91 Å². The maximum absolute atomic E-state index is 11.5. The van der Waals surface area contributed by atoms with Crippen molar-refractivity contribution < 1.29 is 14.1 Å². The highest BCUT2D eigenvalue weighted by molar-refractivity contribution is 8.05. The quantitative estimate of drug-likeness (QED) is 0.676. The SMILES string of the molecule is CC1=CN=C2N(C=C(C(=O)O)S2=O)C1. The maximum Gasteiger partial charge on any atom is 0.346 e. The first-order valence-corrected chi connectivity index (χ1v) is 5.11. The van der Waals surface area contributed by atoms with E-state index in [0.29, 0.717) is 11.7 Å². The second-order valence-electron chi connectivity index (χ2n) is 3.08. The highest BCUT2D eigenvalue weighted by atomic mass is 32.2. The van der Waals surface area contributed by atoms with Crippen LogP contribution in [0.4, 0.5) is 0 Å². The Labute approximate surface area is 82.9 Å². The zero-order chi connectivity index (χ0) is 10.3. The van der Waals surface area contributed by atoms with Crippen molar-refractivity contribution in [3.8, 4) is 0 Å². The molecule has 2 rings (SSSR count). The molecule has 0 aromatic rings. The van der Waals surface area contributed by atoms with Crippen LogP contribution < -0.4 is 0 Å². The minimum absolute atomic E-state index is 0.105. The van der Waals surface area contributed by atoms with Crippen LogP contribution in [0.2, 0.25) is 0 Å². The van der Waals surface area contributed by atoms with Gasteiger partial charge < -0.3 is 10.0 Å². The smallest absolute Gasteiger partial charge is 0.346 e. The highest BCUT2D eigenvalue weighted by Gasteiger charge is 2.33. The molecule has 0 saturated carbocycles. The second-order valence-corrected chi connectivity index (χ2v) is 4.42. The van der Waals surface area contributed by atoms with Crippen molar-refractivity contribution in [2.75, 3.05) is 6.54 Å². The zero-order valence-corrected chi connectivity index (χ0v) is 8.24. The van der Waals surface area contributed by atoms with E-state index in [4.69, 9.17) is 5.11 Å². The Morgan fingerprint density at radius 2 is 2.43 bits per heavy atom. The van der Waals surface area contributed by atoms with Crippen molar-refractivity contribution in [1.82, 2.24) is 4.90 Å². The maximum atomic E-state index is 11.5. The minimum atomic E-state index is -1.63. The van der Waals surface area contributed by atoms with Crippen molar-refractivity contribution in [2.24, 2.45) is 4.99 Å². The van der Waals surface area contributed by atoms with Gasteiger partial charge in [-0.05, 0) is 12.5 Å². The Morgan fingerprint density at radius 3 is 3.07 bits per heavy atom. The first kappa shape index (κ1) is 9.14. The van der Waals surface area contributed by atoms with Crippen molar-refractivity contribution in [2.45, 2.75) is 6.92 Å². The number of carboxylic acid groups (broad SMARTS) is 1. The van der Waals surface area contributed by atoms with Crippen molar-refractivity contribution in [3.05, 3.63) is 22.9 Å². The van der Waals surface area contributed by atoms with E-state index >= 15 is 0 Å². The van der Waals surface area contributed by atoms with E-state index in [0.717, 1.165) is 5.57 Å². The predicted molar refractivity (Wildman–Crippen MR) is 51.8 cm³/mol. The number of aliphatic carboxylic acids is 1. The summed E-state index contributed by atoms with van der Waals surface area (Å²) in [7, 11) is -1.63. The Hall–Kier alpha value is -1.43. The molecule has 5 nitrogen and oxygen atoms in total. The fourth-order valence-electron chi connectivity index (χ4n) is 1.29. The molecule has 1 unspecified atom stereocenters. The number of nitrogens with zero attached hydrogens (tertiary/aromatic N) is 2. The van der Waals surface area contributed by atoms with E-state index in [9.17, 15) is 9.00 Å². The first-order valence-electron chi connectivity index (χ1n) is 3.96. The second kappa shape index (κ2) is 3.06. The summed E-state index contributed by atoms with van der Waals surface area (Å²) in [6, 6.07) is 0. The van der Waals surface area contributed by atoms with Gasteiger partial charge in [0, 0.05) is 18.9 Å². The van der Waals surface area contributed by atoms with Gasteiger partial charge in [-0.2, -0.15) is 0 Å². The monoisotopic (exact) mass is 212 g/mol. The Bertz CT molecular complexity index is 422. The lowest BCUT2D eigenvalue weighted by atomic mass is 10.3. The van der Waals surface area contributed by atoms with Crippen molar-refractivity contribution >= 4 is 21.9 Å². The van der Waals surface area contributed by atoms with Crippen LogP contribution in [0.25, 0.3) is 0 Å². The molecule has 0 aromatic carbocycles. The number of carboxylic acids is 1. The van der Waals surface area contributed by atoms with Crippen molar-refractivity contribution in [1.29, 1.82) is 0 Å². The van der Waals surface area contributed by atoms with E-state index in [1.165, 1.54) is 6.20 Å². The number of hydrogen-bond donors (Lipinski definition) is 1. The molecule has 14 heavy (non-hydrogen) atoms. The fraction of sp³-hybridized carbons (Fsp3) is 0.250. The molecule has 0 fully saturated rings.